The van der Waals surface area contributed by atoms with Gasteiger partial charge < -0.3 is 4.74 Å². The molecule has 1 aromatic rings. The van der Waals surface area contributed by atoms with Crippen LogP contribution in [-0.2, 0) is 4.79 Å². The van der Waals surface area contributed by atoms with Crippen LogP contribution in [0.25, 0.3) is 0 Å². The number of aromatic nitrogens is 3. The lowest BCUT2D eigenvalue weighted by Crippen LogP contribution is -2.27. The van der Waals surface area contributed by atoms with E-state index in [9.17, 15) is 4.79 Å². The molecule has 1 unspecified atom stereocenters. The van der Waals surface area contributed by atoms with Crippen molar-refractivity contribution in [3.8, 4) is 6.01 Å². The standard InChI is InChI=1S/C10H16N4O2S/c1-2-16-10-12-9(13-14-10)11-8(15)7-5-3-4-6-17-7/h7H,2-6H2,1H3,(H2,11,12,13,14,15). The van der Waals surface area contributed by atoms with Gasteiger partial charge >= 0.3 is 6.01 Å². The molecule has 0 radical (unpaired) electrons. The largest absolute Gasteiger partial charge is 0.463 e. The van der Waals surface area contributed by atoms with Gasteiger partial charge in [-0.15, -0.1) is 16.9 Å². The fourth-order valence-electron chi connectivity index (χ4n) is 1.64. The van der Waals surface area contributed by atoms with Crippen LogP contribution in [0.1, 0.15) is 26.2 Å². The number of carbonyl (C=O) groups is 1. The Balaban J connectivity index is 1.88. The van der Waals surface area contributed by atoms with Crippen LogP contribution in [0.5, 0.6) is 6.01 Å². The molecule has 1 aliphatic heterocycles. The Bertz CT molecular complexity index is 376. The van der Waals surface area contributed by atoms with Crippen molar-refractivity contribution in [1.29, 1.82) is 0 Å². The van der Waals surface area contributed by atoms with Gasteiger partial charge in [-0.25, -0.2) is 5.10 Å². The van der Waals surface area contributed by atoms with Crippen LogP contribution in [-0.4, -0.2) is 38.7 Å². The van der Waals surface area contributed by atoms with Crippen molar-refractivity contribution >= 4 is 23.6 Å². The molecule has 0 aliphatic carbocycles. The molecule has 2 heterocycles. The molecule has 17 heavy (non-hydrogen) atoms. The highest BCUT2D eigenvalue weighted by atomic mass is 32.2. The Labute approximate surface area is 104 Å². The van der Waals surface area contributed by atoms with Crippen LogP contribution in [0.4, 0.5) is 5.95 Å². The molecule has 1 aliphatic rings. The lowest BCUT2D eigenvalue weighted by molar-refractivity contribution is -0.115. The fourth-order valence-corrected chi connectivity index (χ4v) is 2.84. The van der Waals surface area contributed by atoms with Gasteiger partial charge in [0.15, 0.2) is 0 Å². The molecule has 0 aromatic carbocycles. The van der Waals surface area contributed by atoms with Gasteiger partial charge in [-0.3, -0.25) is 10.1 Å². The Morgan fingerprint density at radius 3 is 3.24 bits per heavy atom. The number of thioether (sulfide) groups is 1. The molecule has 7 heteroatoms. The molecule has 2 N–H and O–H groups in total. The molecule has 0 saturated carbocycles. The predicted octanol–water partition coefficient (Wildman–Crippen LogP) is 1.43. The zero-order valence-corrected chi connectivity index (χ0v) is 10.5. The van der Waals surface area contributed by atoms with Crippen molar-refractivity contribution in [2.75, 3.05) is 17.7 Å². The minimum atomic E-state index is -0.00565. The van der Waals surface area contributed by atoms with Crippen molar-refractivity contribution in [2.24, 2.45) is 0 Å². The third kappa shape index (κ3) is 3.36. The van der Waals surface area contributed by atoms with Gasteiger partial charge in [0.2, 0.25) is 11.9 Å². The third-order valence-corrected chi connectivity index (χ3v) is 3.83. The maximum atomic E-state index is 11.9. The van der Waals surface area contributed by atoms with Gasteiger partial charge in [0.1, 0.15) is 0 Å². The summed E-state index contributed by atoms with van der Waals surface area (Å²) >= 11 is 1.70. The SMILES string of the molecule is CCOc1n[nH]c(NC(=O)C2CCCCS2)n1. The van der Waals surface area contributed by atoms with Gasteiger partial charge in [-0.05, 0) is 25.5 Å². The van der Waals surface area contributed by atoms with Crippen LogP contribution in [0.2, 0.25) is 0 Å². The summed E-state index contributed by atoms with van der Waals surface area (Å²) in [5.41, 5.74) is 0. The molecular weight excluding hydrogens is 240 g/mol. The summed E-state index contributed by atoms with van der Waals surface area (Å²) in [5, 5.41) is 9.21. The molecule has 6 nitrogen and oxygen atoms in total. The quantitative estimate of drug-likeness (QED) is 0.851. The van der Waals surface area contributed by atoms with Crippen LogP contribution < -0.4 is 10.1 Å². The second kappa shape index (κ2) is 5.90. The molecule has 1 amide bonds. The van der Waals surface area contributed by atoms with Crippen molar-refractivity contribution in [1.82, 2.24) is 15.2 Å². The normalized spacial score (nSPS) is 19.9. The summed E-state index contributed by atoms with van der Waals surface area (Å²) in [5.74, 6) is 1.40. The van der Waals surface area contributed by atoms with E-state index in [-0.39, 0.29) is 17.2 Å². The zero-order valence-electron chi connectivity index (χ0n) is 9.73. The molecule has 0 bridgehead atoms. The highest BCUT2D eigenvalue weighted by Gasteiger charge is 2.22. The highest BCUT2D eigenvalue weighted by Crippen LogP contribution is 2.25. The molecule has 1 fully saturated rings. The summed E-state index contributed by atoms with van der Waals surface area (Å²) in [4.78, 5) is 15.9. The van der Waals surface area contributed by atoms with E-state index in [4.69, 9.17) is 4.74 Å². The van der Waals surface area contributed by atoms with E-state index in [2.05, 4.69) is 20.5 Å². The van der Waals surface area contributed by atoms with Crippen molar-refractivity contribution in [2.45, 2.75) is 31.4 Å². The van der Waals surface area contributed by atoms with Crippen molar-refractivity contribution in [3.05, 3.63) is 0 Å². The van der Waals surface area contributed by atoms with Crippen LogP contribution in [0.15, 0.2) is 0 Å². The second-order valence-corrected chi connectivity index (χ2v) is 5.05. The molecule has 1 aromatic heterocycles. The predicted molar refractivity (Wildman–Crippen MR) is 66.3 cm³/mol. The van der Waals surface area contributed by atoms with Gasteiger partial charge in [0, 0.05) is 0 Å². The average Bonchev–Trinajstić information content (AvgIpc) is 2.78. The maximum absolute atomic E-state index is 11.9. The molecule has 2 rings (SSSR count). The summed E-state index contributed by atoms with van der Waals surface area (Å²) in [6.45, 7) is 2.36. The van der Waals surface area contributed by atoms with Crippen LogP contribution >= 0.6 is 11.8 Å². The lowest BCUT2D eigenvalue weighted by atomic mass is 10.2. The Morgan fingerprint density at radius 1 is 1.65 bits per heavy atom. The van der Waals surface area contributed by atoms with Gasteiger partial charge in [0.25, 0.3) is 0 Å². The maximum Gasteiger partial charge on any atom is 0.337 e. The number of hydrogen-bond acceptors (Lipinski definition) is 5. The van der Waals surface area contributed by atoms with E-state index in [1.54, 1.807) is 11.8 Å². The number of ether oxygens (including phenoxy) is 1. The molecule has 0 spiro atoms. The number of aromatic amines is 1. The first-order valence-corrected chi connectivity index (χ1v) is 6.82. The van der Waals surface area contributed by atoms with E-state index in [1.165, 1.54) is 6.42 Å². The van der Waals surface area contributed by atoms with Crippen molar-refractivity contribution < 1.29 is 9.53 Å². The van der Waals surface area contributed by atoms with E-state index in [0.717, 1.165) is 18.6 Å². The first-order chi connectivity index (χ1) is 8.29. The molecule has 94 valence electrons. The van der Waals surface area contributed by atoms with E-state index >= 15 is 0 Å². The second-order valence-electron chi connectivity index (χ2n) is 3.74. The average molecular weight is 256 g/mol. The Hall–Kier alpha value is -1.24. The zero-order chi connectivity index (χ0) is 12.1. The van der Waals surface area contributed by atoms with Gasteiger partial charge in [-0.2, -0.15) is 4.98 Å². The molecular formula is C10H16N4O2S. The number of nitrogens with one attached hydrogen (secondary N) is 2. The molecule has 1 atom stereocenters. The number of carbonyl (C=O) groups excluding carboxylic acids is 1. The third-order valence-electron chi connectivity index (χ3n) is 2.45. The van der Waals surface area contributed by atoms with Crippen LogP contribution in [0.3, 0.4) is 0 Å². The monoisotopic (exact) mass is 256 g/mol. The highest BCUT2D eigenvalue weighted by molar-refractivity contribution is 8.00. The Kier molecular flexibility index (Phi) is 4.24. The number of nitrogens with zero attached hydrogens (tertiary/aromatic N) is 2. The minimum absolute atomic E-state index is 0.00565. The summed E-state index contributed by atoms with van der Waals surface area (Å²) < 4.78 is 5.10. The van der Waals surface area contributed by atoms with Gasteiger partial charge in [0.05, 0.1) is 11.9 Å². The topological polar surface area (TPSA) is 79.9 Å². The van der Waals surface area contributed by atoms with Crippen LogP contribution in [0, 0.1) is 0 Å². The summed E-state index contributed by atoms with van der Waals surface area (Å²) in [6.07, 6.45) is 3.25. The Morgan fingerprint density at radius 2 is 2.53 bits per heavy atom. The van der Waals surface area contributed by atoms with Crippen molar-refractivity contribution in [3.63, 3.8) is 0 Å². The van der Waals surface area contributed by atoms with E-state index in [0.29, 0.717) is 12.6 Å². The summed E-state index contributed by atoms with van der Waals surface area (Å²) in [7, 11) is 0. The lowest BCUT2D eigenvalue weighted by Gasteiger charge is -2.19. The minimum Gasteiger partial charge on any atom is -0.463 e. The smallest absolute Gasteiger partial charge is 0.337 e. The number of amides is 1. The number of rotatable bonds is 4. The van der Waals surface area contributed by atoms with E-state index < -0.39 is 0 Å². The first kappa shape index (κ1) is 12.2. The first-order valence-electron chi connectivity index (χ1n) is 5.77. The fraction of sp³-hybridized carbons (Fsp3) is 0.700. The van der Waals surface area contributed by atoms with E-state index in [1.807, 2.05) is 6.92 Å². The van der Waals surface area contributed by atoms with Gasteiger partial charge in [-0.1, -0.05) is 6.42 Å². The molecule has 1 saturated heterocycles. The number of hydrogen-bond donors (Lipinski definition) is 2. The summed E-state index contributed by atoms with van der Waals surface area (Å²) in [6, 6.07) is 0.263. The number of anilines is 1. The number of H-pyrrole nitrogens is 1.